The summed E-state index contributed by atoms with van der Waals surface area (Å²) >= 11 is 0. The molecule has 2 N–H and O–H groups in total. The number of primary amides is 1. The zero-order valence-electron chi connectivity index (χ0n) is 10.2. The predicted molar refractivity (Wildman–Crippen MR) is 68.0 cm³/mol. The first-order valence-electron chi connectivity index (χ1n) is 5.59. The summed E-state index contributed by atoms with van der Waals surface area (Å²) in [5.74, 6) is -0.790. The van der Waals surface area contributed by atoms with E-state index in [1.807, 2.05) is 0 Å². The maximum absolute atomic E-state index is 13.4. The number of pyridine rings is 1. The van der Waals surface area contributed by atoms with Crippen LogP contribution < -0.4 is 15.4 Å². The van der Waals surface area contributed by atoms with Gasteiger partial charge in [0.25, 0.3) is 0 Å². The molecule has 0 aromatic carbocycles. The maximum atomic E-state index is 13.4. The van der Waals surface area contributed by atoms with E-state index in [4.69, 9.17) is 5.73 Å². The van der Waals surface area contributed by atoms with Crippen molar-refractivity contribution >= 4 is 24.1 Å². The zero-order chi connectivity index (χ0) is 14.0. The van der Waals surface area contributed by atoms with E-state index in [2.05, 4.69) is 9.72 Å². The van der Waals surface area contributed by atoms with Gasteiger partial charge < -0.3 is 15.4 Å². The molecule has 0 radical (unpaired) electrons. The first-order chi connectivity index (χ1) is 8.97. The SMILES string of the molecule is Cl.NC(=O)[C@@H]1C[C@@H](F)CN1c1cccc(OC(F)F)n1. The second kappa shape index (κ2) is 6.65. The van der Waals surface area contributed by atoms with Crippen LogP contribution >= 0.6 is 12.4 Å². The molecule has 0 saturated carbocycles. The number of alkyl halides is 3. The lowest BCUT2D eigenvalue weighted by atomic mass is 10.2. The molecule has 0 unspecified atom stereocenters. The van der Waals surface area contributed by atoms with Gasteiger partial charge in [-0.3, -0.25) is 4.79 Å². The average molecular weight is 312 g/mol. The molecule has 1 aromatic rings. The van der Waals surface area contributed by atoms with Crippen LogP contribution in [0.2, 0.25) is 0 Å². The number of anilines is 1. The van der Waals surface area contributed by atoms with Crippen molar-refractivity contribution in [2.24, 2.45) is 5.73 Å². The van der Waals surface area contributed by atoms with Gasteiger partial charge in [-0.15, -0.1) is 12.4 Å². The Balaban J connectivity index is 0.00000200. The third-order valence-corrected chi connectivity index (χ3v) is 2.79. The van der Waals surface area contributed by atoms with Gasteiger partial charge in [0.15, 0.2) is 0 Å². The first kappa shape index (κ1) is 16.4. The van der Waals surface area contributed by atoms with Gasteiger partial charge in [-0.25, -0.2) is 4.39 Å². The van der Waals surface area contributed by atoms with Crippen molar-refractivity contribution in [3.8, 4) is 5.88 Å². The predicted octanol–water partition coefficient (Wildman–Crippen LogP) is 1.51. The molecule has 0 bridgehead atoms. The molecule has 1 aliphatic rings. The Morgan fingerprint density at radius 3 is 2.80 bits per heavy atom. The summed E-state index contributed by atoms with van der Waals surface area (Å²) in [7, 11) is 0. The molecule has 1 aromatic heterocycles. The van der Waals surface area contributed by atoms with Crippen LogP contribution in [0.3, 0.4) is 0 Å². The molecule has 1 fully saturated rings. The second-order valence-corrected chi connectivity index (χ2v) is 4.12. The fraction of sp³-hybridized carbons (Fsp3) is 0.455. The van der Waals surface area contributed by atoms with Crippen LogP contribution in [0.15, 0.2) is 18.2 Å². The first-order valence-corrected chi connectivity index (χ1v) is 5.59. The third kappa shape index (κ3) is 3.66. The van der Waals surface area contributed by atoms with E-state index >= 15 is 0 Å². The standard InChI is InChI=1S/C11H12F3N3O2.ClH/c12-6-4-7(10(15)18)17(5-6)8-2-1-3-9(16-8)19-11(13)14;/h1-3,6-7,11H,4-5H2,(H2,15,18);1H/t6-,7+;/m1./s1. The summed E-state index contributed by atoms with van der Waals surface area (Å²) in [5, 5.41) is 0. The minimum atomic E-state index is -3.00. The van der Waals surface area contributed by atoms with Crippen molar-refractivity contribution < 1.29 is 22.7 Å². The average Bonchev–Trinajstić information content (AvgIpc) is 2.71. The van der Waals surface area contributed by atoms with Crippen molar-refractivity contribution in [3.05, 3.63) is 18.2 Å². The van der Waals surface area contributed by atoms with Crippen LogP contribution in [0, 0.1) is 0 Å². The molecule has 2 atom stereocenters. The molecule has 2 heterocycles. The molecule has 9 heteroatoms. The van der Waals surface area contributed by atoms with Crippen molar-refractivity contribution in [2.45, 2.75) is 25.2 Å². The highest BCUT2D eigenvalue weighted by atomic mass is 35.5. The van der Waals surface area contributed by atoms with Gasteiger partial charge in [-0.2, -0.15) is 13.8 Å². The molecule has 112 valence electrons. The van der Waals surface area contributed by atoms with Crippen molar-refractivity contribution in [2.75, 3.05) is 11.4 Å². The molecule has 0 aliphatic carbocycles. The monoisotopic (exact) mass is 311 g/mol. The van der Waals surface area contributed by atoms with Crippen LogP contribution in [0.1, 0.15) is 6.42 Å². The summed E-state index contributed by atoms with van der Waals surface area (Å²) in [6, 6.07) is 3.33. The Bertz CT molecular complexity index is 478. The van der Waals surface area contributed by atoms with Crippen molar-refractivity contribution in [3.63, 3.8) is 0 Å². The van der Waals surface area contributed by atoms with Crippen molar-refractivity contribution in [1.82, 2.24) is 4.98 Å². The number of halogens is 4. The molecule has 1 amide bonds. The fourth-order valence-corrected chi connectivity index (χ4v) is 2.03. The van der Waals surface area contributed by atoms with Gasteiger partial charge >= 0.3 is 6.61 Å². The quantitative estimate of drug-likeness (QED) is 0.915. The Labute approximate surface area is 119 Å². The number of carbonyl (C=O) groups excluding carboxylic acids is 1. The van der Waals surface area contributed by atoms with E-state index in [0.29, 0.717) is 0 Å². The lowest BCUT2D eigenvalue weighted by Gasteiger charge is -2.23. The van der Waals surface area contributed by atoms with E-state index in [1.165, 1.54) is 23.1 Å². The molecule has 5 nitrogen and oxygen atoms in total. The summed E-state index contributed by atoms with van der Waals surface area (Å²) in [6.07, 6.45) is -1.24. The van der Waals surface area contributed by atoms with Gasteiger partial charge in [0.1, 0.15) is 18.0 Å². The smallest absolute Gasteiger partial charge is 0.388 e. The van der Waals surface area contributed by atoms with Gasteiger partial charge in [0.05, 0.1) is 6.54 Å². The highest BCUT2D eigenvalue weighted by Gasteiger charge is 2.36. The Morgan fingerprint density at radius 2 is 2.20 bits per heavy atom. The van der Waals surface area contributed by atoms with Gasteiger partial charge in [0.2, 0.25) is 11.8 Å². The summed E-state index contributed by atoms with van der Waals surface area (Å²) < 4.78 is 41.7. The number of carbonyl (C=O) groups is 1. The molecule has 0 spiro atoms. The van der Waals surface area contributed by atoms with E-state index < -0.39 is 24.7 Å². The lowest BCUT2D eigenvalue weighted by Crippen LogP contribution is -2.40. The Hall–Kier alpha value is -1.70. The van der Waals surface area contributed by atoms with Gasteiger partial charge in [0, 0.05) is 12.5 Å². The van der Waals surface area contributed by atoms with E-state index in [1.54, 1.807) is 0 Å². The van der Waals surface area contributed by atoms with E-state index in [9.17, 15) is 18.0 Å². The van der Waals surface area contributed by atoms with Crippen molar-refractivity contribution in [1.29, 1.82) is 0 Å². The highest BCUT2D eigenvalue weighted by molar-refractivity contribution is 5.85. The molecule has 1 aliphatic heterocycles. The number of nitrogens with zero attached hydrogens (tertiary/aromatic N) is 2. The molecular weight excluding hydrogens is 299 g/mol. The summed E-state index contributed by atoms with van der Waals surface area (Å²) in [5.41, 5.74) is 5.18. The van der Waals surface area contributed by atoms with Gasteiger partial charge in [-0.05, 0) is 6.07 Å². The highest BCUT2D eigenvalue weighted by Crippen LogP contribution is 2.27. The van der Waals surface area contributed by atoms with E-state index in [-0.39, 0.29) is 37.1 Å². The number of ether oxygens (including phenoxy) is 1. The van der Waals surface area contributed by atoms with Crippen LogP contribution in [0.5, 0.6) is 5.88 Å². The summed E-state index contributed by atoms with van der Waals surface area (Å²) in [4.78, 5) is 16.4. The largest absolute Gasteiger partial charge is 0.417 e. The normalized spacial score (nSPS) is 21.7. The third-order valence-electron chi connectivity index (χ3n) is 2.79. The fourth-order valence-electron chi connectivity index (χ4n) is 2.03. The number of aromatic nitrogens is 1. The van der Waals surface area contributed by atoms with Crippen LogP contribution in [0.4, 0.5) is 19.0 Å². The minimum Gasteiger partial charge on any atom is -0.417 e. The number of nitrogens with two attached hydrogens (primary N) is 1. The number of hydrogen-bond donors (Lipinski definition) is 1. The van der Waals surface area contributed by atoms with Crippen LogP contribution in [-0.4, -0.2) is 36.3 Å². The number of rotatable bonds is 4. The van der Waals surface area contributed by atoms with Gasteiger partial charge in [-0.1, -0.05) is 6.07 Å². The summed E-state index contributed by atoms with van der Waals surface area (Å²) in [6.45, 7) is -3.05. The van der Waals surface area contributed by atoms with Crippen LogP contribution in [0.25, 0.3) is 0 Å². The molecule has 2 rings (SSSR count). The molecule has 1 saturated heterocycles. The Kier molecular flexibility index (Phi) is 5.43. The molecular formula is C11H13ClF3N3O2. The number of hydrogen-bond acceptors (Lipinski definition) is 4. The number of amides is 1. The maximum Gasteiger partial charge on any atom is 0.388 e. The lowest BCUT2D eigenvalue weighted by molar-refractivity contribution is -0.119. The topological polar surface area (TPSA) is 68.5 Å². The van der Waals surface area contributed by atoms with E-state index in [0.717, 1.165) is 0 Å². The zero-order valence-corrected chi connectivity index (χ0v) is 11.0. The van der Waals surface area contributed by atoms with Crippen LogP contribution in [-0.2, 0) is 4.79 Å². The second-order valence-electron chi connectivity index (χ2n) is 4.12. The molecule has 20 heavy (non-hydrogen) atoms. The Morgan fingerprint density at radius 1 is 1.50 bits per heavy atom. The minimum absolute atomic E-state index is 0.